The van der Waals surface area contributed by atoms with Gasteiger partial charge in [0, 0.05) is 44.8 Å². The molecule has 0 aromatic heterocycles. The van der Waals surface area contributed by atoms with Crippen LogP contribution in [0.3, 0.4) is 0 Å². The molecule has 4 rings (SSSR count). The summed E-state index contributed by atoms with van der Waals surface area (Å²) in [5.74, 6) is 0.276. The van der Waals surface area contributed by atoms with E-state index in [1.165, 1.54) is 16.8 Å². The highest BCUT2D eigenvalue weighted by atomic mass is 16.5. The fraction of sp³-hybridized carbons (Fsp3) is 0.435. The maximum Gasteiger partial charge on any atom is 0.222 e. The van der Waals surface area contributed by atoms with Crippen molar-refractivity contribution < 1.29 is 9.53 Å². The number of amides is 1. The third-order valence-electron chi connectivity index (χ3n) is 5.64. The molecule has 0 radical (unpaired) electrons. The molecule has 0 bridgehead atoms. The molecule has 1 N–H and O–H groups in total. The minimum absolute atomic E-state index is 0.141. The van der Waals surface area contributed by atoms with E-state index in [0.29, 0.717) is 6.42 Å². The van der Waals surface area contributed by atoms with Crippen molar-refractivity contribution in [3.63, 3.8) is 0 Å². The van der Waals surface area contributed by atoms with Crippen LogP contribution in [0.15, 0.2) is 54.6 Å². The van der Waals surface area contributed by atoms with Crippen LogP contribution in [0.5, 0.6) is 0 Å². The fourth-order valence-corrected chi connectivity index (χ4v) is 3.98. The molecule has 1 amide bonds. The summed E-state index contributed by atoms with van der Waals surface area (Å²) >= 11 is 0. The van der Waals surface area contributed by atoms with Gasteiger partial charge in [-0.3, -0.25) is 4.79 Å². The molecule has 2 aromatic carbocycles. The topological polar surface area (TPSA) is 44.8 Å². The number of benzene rings is 2. The Labute approximate surface area is 167 Å². The smallest absolute Gasteiger partial charge is 0.222 e. The highest BCUT2D eigenvalue weighted by molar-refractivity contribution is 5.78. The van der Waals surface area contributed by atoms with E-state index in [9.17, 15) is 4.79 Å². The van der Waals surface area contributed by atoms with E-state index in [2.05, 4.69) is 58.7 Å². The number of hydrogen-bond donors (Lipinski definition) is 1. The largest absolute Gasteiger partial charge is 0.378 e. The zero-order valence-corrected chi connectivity index (χ0v) is 16.3. The van der Waals surface area contributed by atoms with Crippen LogP contribution in [0.2, 0.25) is 0 Å². The normalized spacial score (nSPS) is 18.5. The lowest BCUT2D eigenvalue weighted by atomic mass is 10.1. The highest BCUT2D eigenvalue weighted by Gasteiger charge is 2.24. The van der Waals surface area contributed by atoms with Crippen LogP contribution >= 0.6 is 0 Å². The number of ether oxygens (including phenoxy) is 1. The number of carbonyl (C=O) groups is 1. The molecule has 2 saturated heterocycles. The number of likely N-dealkylation sites (tertiary alicyclic amines) is 1. The van der Waals surface area contributed by atoms with Crippen molar-refractivity contribution >= 4 is 11.6 Å². The molecule has 2 fully saturated rings. The third kappa shape index (κ3) is 4.72. The summed E-state index contributed by atoms with van der Waals surface area (Å²) in [4.78, 5) is 16.4. The molecule has 2 aliphatic heterocycles. The van der Waals surface area contributed by atoms with Gasteiger partial charge in [0.05, 0.1) is 19.3 Å². The second-order valence-corrected chi connectivity index (χ2v) is 7.55. The van der Waals surface area contributed by atoms with E-state index in [1.54, 1.807) is 0 Å². The summed E-state index contributed by atoms with van der Waals surface area (Å²) in [5, 5.41) is 3.67. The standard InChI is InChI=1S/C23H29N3O2/c27-23-7-4-12-26(23)18-22(20-5-2-1-3-6-20)24-17-19-8-10-21(11-9-19)25-13-15-28-16-14-25/h1-3,5-6,8-11,22,24H,4,7,12-18H2/t22-/m1/s1. The van der Waals surface area contributed by atoms with Gasteiger partial charge in [-0.1, -0.05) is 42.5 Å². The van der Waals surface area contributed by atoms with Gasteiger partial charge < -0.3 is 19.9 Å². The van der Waals surface area contributed by atoms with E-state index >= 15 is 0 Å². The van der Waals surface area contributed by atoms with Gasteiger partial charge in [-0.2, -0.15) is 0 Å². The number of nitrogens with one attached hydrogen (secondary N) is 1. The molecule has 2 aliphatic rings. The molecule has 148 valence electrons. The number of nitrogens with zero attached hydrogens (tertiary/aromatic N) is 2. The van der Waals surface area contributed by atoms with Gasteiger partial charge in [-0.15, -0.1) is 0 Å². The van der Waals surface area contributed by atoms with E-state index in [4.69, 9.17) is 4.74 Å². The Morgan fingerprint density at radius 2 is 1.71 bits per heavy atom. The van der Waals surface area contributed by atoms with Gasteiger partial charge in [-0.25, -0.2) is 0 Å². The average Bonchev–Trinajstić information content (AvgIpc) is 3.17. The van der Waals surface area contributed by atoms with Gasteiger partial charge in [0.15, 0.2) is 0 Å². The van der Waals surface area contributed by atoms with Crippen molar-refractivity contribution in [1.82, 2.24) is 10.2 Å². The molecule has 0 unspecified atom stereocenters. The van der Waals surface area contributed by atoms with Crippen LogP contribution in [0, 0.1) is 0 Å². The quantitative estimate of drug-likeness (QED) is 0.803. The molecule has 5 heteroatoms. The van der Waals surface area contributed by atoms with Crippen molar-refractivity contribution in [2.24, 2.45) is 0 Å². The van der Waals surface area contributed by atoms with Gasteiger partial charge >= 0.3 is 0 Å². The Kier molecular flexibility index (Phi) is 6.24. The van der Waals surface area contributed by atoms with Crippen LogP contribution in [0.4, 0.5) is 5.69 Å². The van der Waals surface area contributed by atoms with Crippen LogP contribution in [-0.4, -0.2) is 50.2 Å². The number of hydrogen-bond acceptors (Lipinski definition) is 4. The molecule has 5 nitrogen and oxygen atoms in total. The summed E-state index contributed by atoms with van der Waals surface area (Å²) in [6.07, 6.45) is 1.66. The minimum Gasteiger partial charge on any atom is -0.378 e. The van der Waals surface area contributed by atoms with Crippen molar-refractivity contribution in [2.75, 3.05) is 44.3 Å². The second kappa shape index (κ2) is 9.22. The third-order valence-corrected chi connectivity index (χ3v) is 5.64. The van der Waals surface area contributed by atoms with E-state index in [-0.39, 0.29) is 11.9 Å². The first-order valence-electron chi connectivity index (χ1n) is 10.3. The van der Waals surface area contributed by atoms with Gasteiger partial charge in [0.25, 0.3) is 0 Å². The first-order chi connectivity index (χ1) is 13.8. The monoisotopic (exact) mass is 379 g/mol. The summed E-state index contributed by atoms with van der Waals surface area (Å²) in [5.41, 5.74) is 3.74. The summed E-state index contributed by atoms with van der Waals surface area (Å²) in [6, 6.07) is 19.4. The minimum atomic E-state index is 0.141. The lowest BCUT2D eigenvalue weighted by molar-refractivity contribution is -0.128. The molecular formula is C23H29N3O2. The Hall–Kier alpha value is -2.37. The van der Waals surface area contributed by atoms with E-state index in [1.807, 2.05) is 11.0 Å². The Morgan fingerprint density at radius 1 is 0.964 bits per heavy atom. The van der Waals surface area contributed by atoms with Crippen LogP contribution in [-0.2, 0) is 16.1 Å². The van der Waals surface area contributed by atoms with Crippen molar-refractivity contribution in [1.29, 1.82) is 0 Å². The highest BCUT2D eigenvalue weighted by Crippen LogP contribution is 2.20. The molecule has 2 heterocycles. The lowest BCUT2D eigenvalue weighted by Crippen LogP contribution is -2.36. The summed E-state index contributed by atoms with van der Waals surface area (Å²) < 4.78 is 5.43. The van der Waals surface area contributed by atoms with Crippen LogP contribution < -0.4 is 10.2 Å². The zero-order valence-electron chi connectivity index (χ0n) is 16.3. The molecule has 0 spiro atoms. The number of carbonyl (C=O) groups excluding carboxylic acids is 1. The molecule has 2 aromatic rings. The molecular weight excluding hydrogens is 350 g/mol. The fourth-order valence-electron chi connectivity index (χ4n) is 3.98. The summed E-state index contributed by atoms with van der Waals surface area (Å²) in [6.45, 7) is 5.90. The lowest BCUT2D eigenvalue weighted by Gasteiger charge is -2.29. The number of rotatable bonds is 7. The predicted octanol–water partition coefficient (Wildman–Crippen LogP) is 2.98. The van der Waals surface area contributed by atoms with Crippen LogP contribution in [0.1, 0.15) is 30.0 Å². The first-order valence-corrected chi connectivity index (χ1v) is 10.3. The van der Waals surface area contributed by atoms with E-state index < -0.39 is 0 Å². The maximum atomic E-state index is 12.1. The van der Waals surface area contributed by atoms with Crippen molar-refractivity contribution in [2.45, 2.75) is 25.4 Å². The Bertz CT molecular complexity index is 757. The maximum absolute atomic E-state index is 12.1. The Balaban J connectivity index is 1.40. The number of morpholine rings is 1. The average molecular weight is 380 g/mol. The van der Waals surface area contributed by atoms with E-state index in [0.717, 1.165) is 52.4 Å². The van der Waals surface area contributed by atoms with Gasteiger partial charge in [0.1, 0.15) is 0 Å². The predicted molar refractivity (Wildman–Crippen MR) is 111 cm³/mol. The van der Waals surface area contributed by atoms with Gasteiger partial charge in [0.2, 0.25) is 5.91 Å². The summed E-state index contributed by atoms with van der Waals surface area (Å²) in [7, 11) is 0. The SMILES string of the molecule is O=C1CCCN1C[C@@H](NCc1ccc(N2CCOCC2)cc1)c1ccccc1. The Morgan fingerprint density at radius 3 is 2.39 bits per heavy atom. The molecule has 0 saturated carbocycles. The van der Waals surface area contributed by atoms with Crippen molar-refractivity contribution in [3.8, 4) is 0 Å². The molecule has 0 aliphatic carbocycles. The molecule has 1 atom stereocenters. The van der Waals surface area contributed by atoms with Gasteiger partial charge in [-0.05, 0) is 29.7 Å². The molecule has 28 heavy (non-hydrogen) atoms. The first kappa shape index (κ1) is 19.0. The number of anilines is 1. The zero-order chi connectivity index (χ0) is 19.2. The van der Waals surface area contributed by atoms with Crippen LogP contribution in [0.25, 0.3) is 0 Å². The second-order valence-electron chi connectivity index (χ2n) is 7.55. The van der Waals surface area contributed by atoms with Crippen molar-refractivity contribution in [3.05, 3.63) is 65.7 Å².